The van der Waals surface area contributed by atoms with Gasteiger partial charge in [0.05, 0.1) is 18.8 Å². The van der Waals surface area contributed by atoms with Gasteiger partial charge in [-0.15, -0.1) is 10.1 Å². The molecule has 0 aromatic carbocycles. The SMILES string of the molecule is CC1(C)O[C@@H]2C[C@H]3[C@@H]4C[C@H](F)C5=CC(=O)C=C[C@]5(C)[C@@]4(F)[C@@H](O)C[C@]3(C)[C@]2(C(=O)COC(=O)CNC(=O)CCCO[N+](=O)[O-])O1. The molecule has 13 nitrogen and oxygen atoms in total. The quantitative estimate of drug-likeness (QED) is 0.154. The van der Waals surface area contributed by atoms with Crippen LogP contribution in [0.2, 0.25) is 0 Å². The summed E-state index contributed by atoms with van der Waals surface area (Å²) in [4.78, 5) is 64.8. The van der Waals surface area contributed by atoms with E-state index >= 15 is 8.78 Å². The number of ether oxygens (including phenoxy) is 3. The summed E-state index contributed by atoms with van der Waals surface area (Å²) in [5.41, 5.74) is -7.01. The highest BCUT2D eigenvalue weighted by Gasteiger charge is 2.80. The number of halogens is 2. The van der Waals surface area contributed by atoms with Crippen molar-refractivity contribution in [1.29, 1.82) is 0 Å². The number of nitrogens with zero attached hydrogens (tertiary/aromatic N) is 1. The second-order valence-corrected chi connectivity index (χ2v) is 13.5. The molecular formula is C30H38F2N2O11. The molecule has 15 heteroatoms. The smallest absolute Gasteiger partial charge is 0.325 e. The minimum absolute atomic E-state index is 0.0158. The molecule has 0 aromatic rings. The lowest BCUT2D eigenvalue weighted by atomic mass is 9.44. The highest BCUT2D eigenvalue weighted by atomic mass is 19.1. The Kier molecular flexibility index (Phi) is 8.23. The number of carbonyl (C=O) groups is 4. The van der Waals surface area contributed by atoms with Crippen molar-refractivity contribution in [2.75, 3.05) is 19.8 Å². The lowest BCUT2D eigenvalue weighted by Gasteiger charge is -2.63. The zero-order valence-electron chi connectivity index (χ0n) is 25.5. The number of nitrogens with one attached hydrogen (secondary N) is 1. The molecule has 0 spiro atoms. The Morgan fingerprint density at radius 3 is 2.60 bits per heavy atom. The molecule has 1 amide bonds. The number of rotatable bonds is 10. The lowest BCUT2D eigenvalue weighted by molar-refractivity contribution is -0.757. The number of hydrogen-bond acceptors (Lipinski definition) is 11. The molecule has 2 N–H and O–H groups in total. The molecule has 0 unspecified atom stereocenters. The Balaban J connectivity index is 1.34. The fourth-order valence-electron chi connectivity index (χ4n) is 8.74. The number of ketones is 2. The van der Waals surface area contributed by atoms with Crippen LogP contribution in [-0.2, 0) is 38.2 Å². The van der Waals surface area contributed by atoms with Crippen molar-refractivity contribution < 1.29 is 57.2 Å². The number of carbonyl (C=O) groups excluding carboxylic acids is 4. The number of allylic oxidation sites excluding steroid dienone is 4. The summed E-state index contributed by atoms with van der Waals surface area (Å²) in [6, 6.07) is 0. The van der Waals surface area contributed by atoms with Gasteiger partial charge in [-0.1, -0.05) is 13.0 Å². The zero-order valence-corrected chi connectivity index (χ0v) is 25.5. The van der Waals surface area contributed by atoms with Crippen molar-refractivity contribution in [3.05, 3.63) is 33.9 Å². The van der Waals surface area contributed by atoms with Gasteiger partial charge in [0, 0.05) is 23.2 Å². The van der Waals surface area contributed by atoms with Gasteiger partial charge in [-0.25, -0.2) is 8.78 Å². The standard InChI is InChI=1S/C30H38F2N2O11/c1-26(2)44-23-12-17-18-11-20(31)19-10-16(35)7-8-27(19,3)29(18,32)21(36)13-28(17,4)30(23,45-26)22(37)15-42-25(39)14-33-24(38)6-5-9-43-34(40)41/h7-8,10,17-18,20-21,23,36H,5-6,9,11-15H2,1-4H3,(H,33,38)/t17-,18-,20-,21-,23+,27-,28-,29-,30+/m0/s1. The highest BCUT2D eigenvalue weighted by molar-refractivity contribution is 6.01. The van der Waals surface area contributed by atoms with E-state index in [9.17, 15) is 34.4 Å². The Bertz CT molecular complexity index is 1370. The normalized spacial score (nSPS) is 40.7. The van der Waals surface area contributed by atoms with Crippen LogP contribution in [0, 0.1) is 32.8 Å². The summed E-state index contributed by atoms with van der Waals surface area (Å²) in [5, 5.41) is 23.1. The molecule has 248 valence electrons. The van der Waals surface area contributed by atoms with Crippen LogP contribution in [-0.4, -0.2) is 88.8 Å². The first-order chi connectivity index (χ1) is 20.9. The molecule has 0 aromatic heterocycles. The first-order valence-corrected chi connectivity index (χ1v) is 15.0. The molecule has 5 rings (SSSR count). The van der Waals surface area contributed by atoms with E-state index in [1.165, 1.54) is 19.1 Å². The second-order valence-electron chi connectivity index (χ2n) is 13.5. The fourth-order valence-corrected chi connectivity index (χ4v) is 8.74. The van der Waals surface area contributed by atoms with E-state index in [1.54, 1.807) is 20.8 Å². The van der Waals surface area contributed by atoms with E-state index in [2.05, 4.69) is 10.2 Å². The molecule has 4 fully saturated rings. The maximum atomic E-state index is 17.5. The molecule has 3 saturated carbocycles. The average Bonchev–Trinajstić information content (AvgIpc) is 3.36. The third-order valence-electron chi connectivity index (χ3n) is 10.6. The van der Waals surface area contributed by atoms with Crippen LogP contribution in [0.5, 0.6) is 0 Å². The number of aliphatic hydroxyl groups excluding tert-OH is 1. The summed E-state index contributed by atoms with van der Waals surface area (Å²) in [7, 11) is 0. The number of aliphatic hydroxyl groups is 1. The Hall–Kier alpha value is -3.30. The molecule has 0 bridgehead atoms. The van der Waals surface area contributed by atoms with Gasteiger partial charge in [-0.05, 0) is 70.1 Å². The molecule has 1 aliphatic heterocycles. The van der Waals surface area contributed by atoms with Crippen molar-refractivity contribution in [3.8, 4) is 0 Å². The average molecular weight is 641 g/mol. The van der Waals surface area contributed by atoms with Crippen LogP contribution in [0.25, 0.3) is 0 Å². The van der Waals surface area contributed by atoms with Gasteiger partial charge in [0.1, 0.15) is 12.7 Å². The lowest BCUT2D eigenvalue weighted by Crippen LogP contribution is -2.71. The maximum Gasteiger partial charge on any atom is 0.325 e. The Labute approximate surface area is 257 Å². The van der Waals surface area contributed by atoms with E-state index in [1.807, 2.05) is 0 Å². The summed E-state index contributed by atoms with van der Waals surface area (Å²) in [5.74, 6) is -5.67. The second kappa shape index (κ2) is 11.2. The number of esters is 1. The van der Waals surface area contributed by atoms with Gasteiger partial charge in [0.25, 0.3) is 5.09 Å². The third kappa shape index (κ3) is 5.07. The van der Waals surface area contributed by atoms with Crippen LogP contribution in [0.1, 0.15) is 59.8 Å². The topological polar surface area (TPSA) is 181 Å². The highest BCUT2D eigenvalue weighted by Crippen LogP contribution is 2.72. The molecule has 4 aliphatic carbocycles. The van der Waals surface area contributed by atoms with Gasteiger partial charge in [-0.2, -0.15) is 0 Å². The van der Waals surface area contributed by atoms with E-state index in [4.69, 9.17) is 14.2 Å². The summed E-state index contributed by atoms with van der Waals surface area (Å²) in [6.07, 6.45) is -1.19. The molecule has 9 atom stereocenters. The minimum Gasteiger partial charge on any atom is -0.456 e. The number of alkyl halides is 2. The molecule has 1 heterocycles. The van der Waals surface area contributed by atoms with Gasteiger partial charge in [-0.3, -0.25) is 19.2 Å². The van der Waals surface area contributed by atoms with Gasteiger partial charge in [0.15, 0.2) is 29.4 Å². The summed E-state index contributed by atoms with van der Waals surface area (Å²) < 4.78 is 51.0. The van der Waals surface area contributed by atoms with Crippen LogP contribution in [0.4, 0.5) is 8.78 Å². The zero-order chi connectivity index (χ0) is 33.2. The Morgan fingerprint density at radius 1 is 1.20 bits per heavy atom. The molecule has 45 heavy (non-hydrogen) atoms. The van der Waals surface area contributed by atoms with E-state index in [-0.39, 0.29) is 44.3 Å². The monoisotopic (exact) mass is 640 g/mol. The van der Waals surface area contributed by atoms with Gasteiger partial charge >= 0.3 is 5.97 Å². The maximum absolute atomic E-state index is 17.5. The third-order valence-corrected chi connectivity index (χ3v) is 10.6. The first kappa shape index (κ1) is 33.1. The predicted octanol–water partition coefficient (Wildman–Crippen LogP) is 2.02. The summed E-state index contributed by atoms with van der Waals surface area (Å²) >= 11 is 0. The van der Waals surface area contributed by atoms with Crippen LogP contribution < -0.4 is 5.32 Å². The largest absolute Gasteiger partial charge is 0.456 e. The number of fused-ring (bicyclic) bond motifs is 7. The van der Waals surface area contributed by atoms with Crippen LogP contribution in [0.15, 0.2) is 23.8 Å². The molecule has 1 saturated heterocycles. The van der Waals surface area contributed by atoms with Crippen LogP contribution >= 0.6 is 0 Å². The number of amides is 1. The molecular weight excluding hydrogens is 602 g/mol. The number of Topliss-reactive ketones (excluding diaryl/α,β-unsaturated/α-hetero) is 1. The molecule has 0 radical (unpaired) electrons. The van der Waals surface area contributed by atoms with E-state index in [0.717, 1.165) is 6.08 Å². The molecule has 5 aliphatic rings. The fraction of sp³-hybridized carbons (Fsp3) is 0.733. The van der Waals surface area contributed by atoms with Crippen LogP contribution in [0.3, 0.4) is 0 Å². The first-order valence-electron chi connectivity index (χ1n) is 15.0. The van der Waals surface area contributed by atoms with Gasteiger partial charge < -0.3 is 29.5 Å². The van der Waals surface area contributed by atoms with Crippen molar-refractivity contribution in [3.63, 3.8) is 0 Å². The Morgan fingerprint density at radius 2 is 1.91 bits per heavy atom. The van der Waals surface area contributed by atoms with Crippen molar-refractivity contribution in [2.45, 2.75) is 95.2 Å². The van der Waals surface area contributed by atoms with Crippen molar-refractivity contribution >= 4 is 23.4 Å². The summed E-state index contributed by atoms with van der Waals surface area (Å²) in [6.45, 7) is 4.75. The van der Waals surface area contributed by atoms with Gasteiger partial charge in [0.2, 0.25) is 11.7 Å². The minimum atomic E-state index is -2.36. The van der Waals surface area contributed by atoms with Crippen molar-refractivity contribution in [2.24, 2.45) is 22.7 Å². The van der Waals surface area contributed by atoms with E-state index < -0.39 is 99.8 Å². The van der Waals surface area contributed by atoms with E-state index in [0.29, 0.717) is 0 Å². The van der Waals surface area contributed by atoms with Crippen molar-refractivity contribution in [1.82, 2.24) is 5.32 Å². The number of hydrogen-bond donors (Lipinski definition) is 2. The predicted molar refractivity (Wildman–Crippen MR) is 148 cm³/mol.